The average molecular weight is 274 g/mol. The van der Waals surface area contributed by atoms with Crippen LogP contribution in [-0.4, -0.2) is 24.4 Å². The van der Waals surface area contributed by atoms with Gasteiger partial charge in [-0.05, 0) is 26.2 Å². The van der Waals surface area contributed by atoms with Crippen molar-refractivity contribution in [3.8, 4) is 5.75 Å². The smallest absolute Gasteiger partial charge is 0.133 e. The number of hydrogen-bond donors (Lipinski definition) is 1. The van der Waals surface area contributed by atoms with Crippen molar-refractivity contribution in [1.29, 1.82) is 0 Å². The summed E-state index contributed by atoms with van der Waals surface area (Å²) in [6.07, 6.45) is -0.358. The third-order valence-corrected chi connectivity index (χ3v) is 3.14. The lowest BCUT2D eigenvalue weighted by atomic mass is 10.0. The van der Waals surface area contributed by atoms with Crippen molar-refractivity contribution >= 4 is 10.8 Å². The van der Waals surface area contributed by atoms with E-state index in [9.17, 15) is 5.11 Å². The van der Waals surface area contributed by atoms with Gasteiger partial charge in [-0.25, -0.2) is 0 Å². The summed E-state index contributed by atoms with van der Waals surface area (Å²) in [5, 5.41) is 12.0. The lowest BCUT2D eigenvalue weighted by Crippen LogP contribution is -2.12. The summed E-state index contributed by atoms with van der Waals surface area (Å²) in [5.41, 5.74) is 0.813. The van der Waals surface area contributed by atoms with Crippen LogP contribution in [0.25, 0.3) is 10.8 Å². The predicted octanol–water partition coefficient (Wildman–Crippen LogP) is 3.70. The van der Waals surface area contributed by atoms with Crippen LogP contribution in [0.4, 0.5) is 0 Å². The Kier molecular flexibility index (Phi) is 4.99. The van der Waals surface area contributed by atoms with Gasteiger partial charge in [0.2, 0.25) is 0 Å². The fourth-order valence-corrected chi connectivity index (χ4v) is 2.18. The van der Waals surface area contributed by atoms with Crippen molar-refractivity contribution in [2.45, 2.75) is 33.0 Å². The fraction of sp³-hybridized carbons (Fsp3) is 0.412. The lowest BCUT2D eigenvalue weighted by Gasteiger charge is -2.16. The summed E-state index contributed by atoms with van der Waals surface area (Å²) in [6, 6.07) is 12.0. The first-order valence-corrected chi connectivity index (χ1v) is 7.03. The van der Waals surface area contributed by atoms with E-state index in [1.165, 1.54) is 0 Å². The third kappa shape index (κ3) is 3.50. The van der Waals surface area contributed by atoms with Crippen LogP contribution in [0, 0.1) is 0 Å². The zero-order valence-corrected chi connectivity index (χ0v) is 12.3. The average Bonchev–Trinajstić information content (AvgIpc) is 2.42. The number of fused-ring (bicyclic) bond motifs is 1. The Morgan fingerprint density at radius 2 is 1.75 bits per heavy atom. The SMILES string of the molecule is CC(C)OCCOc1c(C(C)O)ccc2ccccc12. The molecule has 0 heterocycles. The van der Waals surface area contributed by atoms with Crippen molar-refractivity contribution in [1.82, 2.24) is 0 Å². The Hall–Kier alpha value is -1.58. The minimum atomic E-state index is -0.555. The molecular formula is C17H22O3. The largest absolute Gasteiger partial charge is 0.490 e. The molecule has 0 fully saturated rings. The van der Waals surface area contributed by atoms with Crippen LogP contribution in [-0.2, 0) is 4.74 Å². The fourth-order valence-electron chi connectivity index (χ4n) is 2.18. The standard InChI is InChI=1S/C17H22O3/c1-12(2)19-10-11-20-17-15(13(3)18)9-8-14-6-4-5-7-16(14)17/h4-9,12-13,18H,10-11H2,1-3H3. The Morgan fingerprint density at radius 1 is 1.00 bits per heavy atom. The van der Waals surface area contributed by atoms with Gasteiger partial charge in [0.15, 0.2) is 0 Å². The van der Waals surface area contributed by atoms with Crippen molar-refractivity contribution in [3.05, 3.63) is 42.0 Å². The molecule has 3 heteroatoms. The Balaban J connectivity index is 2.25. The number of benzene rings is 2. The van der Waals surface area contributed by atoms with Gasteiger partial charge >= 0.3 is 0 Å². The summed E-state index contributed by atoms with van der Waals surface area (Å²) < 4.78 is 11.4. The second-order valence-electron chi connectivity index (χ2n) is 5.15. The molecule has 0 spiro atoms. The number of hydrogen-bond acceptors (Lipinski definition) is 3. The maximum Gasteiger partial charge on any atom is 0.133 e. The molecule has 1 unspecified atom stereocenters. The molecule has 2 aromatic carbocycles. The van der Waals surface area contributed by atoms with Gasteiger partial charge in [0.05, 0.1) is 18.8 Å². The van der Waals surface area contributed by atoms with Crippen molar-refractivity contribution in [3.63, 3.8) is 0 Å². The summed E-state index contributed by atoms with van der Waals surface area (Å²) in [6.45, 7) is 6.77. The second kappa shape index (κ2) is 6.73. The first-order chi connectivity index (χ1) is 9.59. The van der Waals surface area contributed by atoms with E-state index in [-0.39, 0.29) is 6.10 Å². The topological polar surface area (TPSA) is 38.7 Å². The van der Waals surface area contributed by atoms with E-state index in [1.54, 1.807) is 6.92 Å². The Morgan fingerprint density at radius 3 is 2.45 bits per heavy atom. The van der Waals surface area contributed by atoms with Crippen LogP contribution in [0.2, 0.25) is 0 Å². The van der Waals surface area contributed by atoms with Crippen molar-refractivity contribution in [2.24, 2.45) is 0 Å². The maximum atomic E-state index is 9.90. The molecule has 1 N–H and O–H groups in total. The van der Waals surface area contributed by atoms with Gasteiger partial charge in [0.25, 0.3) is 0 Å². The summed E-state index contributed by atoms with van der Waals surface area (Å²) in [7, 11) is 0. The highest BCUT2D eigenvalue weighted by molar-refractivity contribution is 5.89. The van der Waals surface area contributed by atoms with E-state index < -0.39 is 6.10 Å². The van der Waals surface area contributed by atoms with Gasteiger partial charge < -0.3 is 14.6 Å². The van der Waals surface area contributed by atoms with E-state index in [0.29, 0.717) is 13.2 Å². The van der Waals surface area contributed by atoms with E-state index in [4.69, 9.17) is 9.47 Å². The summed E-state index contributed by atoms with van der Waals surface area (Å²) in [5.74, 6) is 0.755. The number of ether oxygens (including phenoxy) is 2. The van der Waals surface area contributed by atoms with E-state index in [1.807, 2.05) is 50.2 Å². The second-order valence-corrected chi connectivity index (χ2v) is 5.15. The quantitative estimate of drug-likeness (QED) is 0.816. The number of rotatable bonds is 6. The van der Waals surface area contributed by atoms with Crippen LogP contribution in [0.3, 0.4) is 0 Å². The molecule has 0 saturated heterocycles. The first-order valence-electron chi connectivity index (χ1n) is 7.03. The minimum Gasteiger partial charge on any atom is -0.490 e. The number of aliphatic hydroxyl groups is 1. The van der Waals surface area contributed by atoms with E-state index in [2.05, 4.69) is 0 Å². The Bertz CT molecular complexity index is 561. The maximum absolute atomic E-state index is 9.90. The number of aliphatic hydroxyl groups excluding tert-OH is 1. The molecular weight excluding hydrogens is 252 g/mol. The highest BCUT2D eigenvalue weighted by Gasteiger charge is 2.12. The molecule has 0 saturated carbocycles. The van der Waals surface area contributed by atoms with Crippen LogP contribution < -0.4 is 4.74 Å². The Labute approximate surface area is 120 Å². The molecule has 2 aromatic rings. The van der Waals surface area contributed by atoms with Crippen LogP contribution in [0.1, 0.15) is 32.4 Å². The molecule has 0 radical (unpaired) electrons. The molecule has 0 aliphatic rings. The molecule has 108 valence electrons. The van der Waals surface area contributed by atoms with Crippen LogP contribution in [0.5, 0.6) is 5.75 Å². The molecule has 3 nitrogen and oxygen atoms in total. The van der Waals surface area contributed by atoms with E-state index >= 15 is 0 Å². The first kappa shape index (κ1) is 14.8. The van der Waals surface area contributed by atoms with Crippen LogP contribution >= 0.6 is 0 Å². The molecule has 0 aliphatic heterocycles. The predicted molar refractivity (Wildman–Crippen MR) is 81.2 cm³/mol. The zero-order valence-electron chi connectivity index (χ0n) is 12.3. The van der Waals surface area contributed by atoms with Gasteiger partial charge in [-0.2, -0.15) is 0 Å². The molecule has 0 bridgehead atoms. The zero-order chi connectivity index (χ0) is 14.5. The molecule has 1 atom stereocenters. The van der Waals surface area contributed by atoms with Crippen molar-refractivity contribution < 1.29 is 14.6 Å². The summed E-state index contributed by atoms with van der Waals surface area (Å²) >= 11 is 0. The van der Waals surface area contributed by atoms with Gasteiger partial charge in [-0.1, -0.05) is 36.4 Å². The third-order valence-electron chi connectivity index (χ3n) is 3.14. The molecule has 0 amide bonds. The molecule has 0 aliphatic carbocycles. The van der Waals surface area contributed by atoms with E-state index in [0.717, 1.165) is 22.1 Å². The normalized spacial score (nSPS) is 12.8. The summed E-state index contributed by atoms with van der Waals surface area (Å²) in [4.78, 5) is 0. The molecule has 2 rings (SSSR count). The van der Waals surface area contributed by atoms with Gasteiger partial charge in [-0.3, -0.25) is 0 Å². The van der Waals surface area contributed by atoms with Gasteiger partial charge in [0, 0.05) is 10.9 Å². The monoisotopic (exact) mass is 274 g/mol. The van der Waals surface area contributed by atoms with Gasteiger partial charge in [-0.15, -0.1) is 0 Å². The minimum absolute atomic E-state index is 0.197. The molecule has 20 heavy (non-hydrogen) atoms. The van der Waals surface area contributed by atoms with Gasteiger partial charge in [0.1, 0.15) is 12.4 Å². The lowest BCUT2D eigenvalue weighted by molar-refractivity contribution is 0.0547. The highest BCUT2D eigenvalue weighted by Crippen LogP contribution is 2.33. The van der Waals surface area contributed by atoms with Crippen molar-refractivity contribution in [2.75, 3.05) is 13.2 Å². The molecule has 0 aromatic heterocycles. The highest BCUT2D eigenvalue weighted by atomic mass is 16.5. The van der Waals surface area contributed by atoms with Crippen LogP contribution in [0.15, 0.2) is 36.4 Å².